The van der Waals surface area contributed by atoms with Gasteiger partial charge in [-0.05, 0) is 29.2 Å². The highest BCUT2D eigenvalue weighted by molar-refractivity contribution is 5.81. The molecule has 2 aromatic rings. The Balaban J connectivity index is 2.32. The molecule has 0 unspecified atom stereocenters. The second kappa shape index (κ2) is 6.86. The normalized spacial score (nSPS) is 10.2. The highest BCUT2D eigenvalue weighted by Crippen LogP contribution is 2.26. The van der Waals surface area contributed by atoms with E-state index in [2.05, 4.69) is 6.58 Å². The highest BCUT2D eigenvalue weighted by Gasteiger charge is 2.08. The number of aliphatic hydroxyl groups is 1. The molecule has 0 heterocycles. The van der Waals surface area contributed by atoms with Crippen LogP contribution in [-0.4, -0.2) is 11.1 Å². The summed E-state index contributed by atoms with van der Waals surface area (Å²) in [6.45, 7) is 5.63. The molecule has 0 saturated heterocycles. The summed E-state index contributed by atoms with van der Waals surface area (Å²) in [4.78, 5) is 11.2. The lowest BCUT2D eigenvalue weighted by Gasteiger charge is -2.11. The van der Waals surface area contributed by atoms with Crippen molar-refractivity contribution in [1.82, 2.24) is 0 Å². The van der Waals surface area contributed by atoms with E-state index in [4.69, 9.17) is 9.84 Å². The number of ether oxygens (including phenoxy) is 1. The van der Waals surface area contributed by atoms with Gasteiger partial charge in [-0.25, -0.2) is 4.79 Å². The van der Waals surface area contributed by atoms with Crippen molar-refractivity contribution in [2.75, 3.05) is 0 Å². The van der Waals surface area contributed by atoms with Gasteiger partial charge < -0.3 is 9.84 Å². The van der Waals surface area contributed by atoms with Crippen LogP contribution in [0, 0.1) is 6.92 Å². The second-order valence-electron chi connectivity index (χ2n) is 4.83. The molecule has 21 heavy (non-hydrogen) atoms. The first-order valence-electron chi connectivity index (χ1n) is 6.73. The van der Waals surface area contributed by atoms with Crippen LogP contribution in [0.5, 0.6) is 0 Å². The molecule has 1 N–H and O–H groups in total. The van der Waals surface area contributed by atoms with Crippen LogP contribution in [0.2, 0.25) is 0 Å². The molecule has 3 nitrogen and oxygen atoms in total. The molecule has 0 aliphatic carbocycles. The Kier molecular flexibility index (Phi) is 4.90. The second-order valence-corrected chi connectivity index (χ2v) is 4.83. The van der Waals surface area contributed by atoms with Crippen molar-refractivity contribution in [3.05, 3.63) is 71.8 Å². The highest BCUT2D eigenvalue weighted by atomic mass is 16.5. The van der Waals surface area contributed by atoms with Gasteiger partial charge in [0.25, 0.3) is 0 Å². The Hall–Kier alpha value is -2.39. The summed E-state index contributed by atoms with van der Waals surface area (Å²) in [6.07, 6.45) is 1.16. The molecule has 108 valence electrons. The van der Waals surface area contributed by atoms with E-state index in [1.807, 2.05) is 49.4 Å². The molecular formula is C18H18O3. The fourth-order valence-corrected chi connectivity index (χ4v) is 2.12. The van der Waals surface area contributed by atoms with Gasteiger partial charge in [0, 0.05) is 6.08 Å². The Labute approximate surface area is 124 Å². The zero-order valence-electron chi connectivity index (χ0n) is 12.0. The first-order chi connectivity index (χ1) is 10.1. The number of carbonyl (C=O) groups excluding carboxylic acids is 1. The molecule has 0 fully saturated rings. The zero-order chi connectivity index (χ0) is 15.2. The summed E-state index contributed by atoms with van der Waals surface area (Å²) in [7, 11) is 0. The maximum atomic E-state index is 11.2. The topological polar surface area (TPSA) is 46.5 Å². The smallest absolute Gasteiger partial charge is 0.330 e. The van der Waals surface area contributed by atoms with Crippen LogP contribution >= 0.6 is 0 Å². The molecule has 0 saturated carbocycles. The van der Waals surface area contributed by atoms with Crippen molar-refractivity contribution < 1.29 is 14.6 Å². The monoisotopic (exact) mass is 282 g/mol. The van der Waals surface area contributed by atoms with Gasteiger partial charge in [-0.15, -0.1) is 0 Å². The summed E-state index contributed by atoms with van der Waals surface area (Å²) in [5.74, 6) is -0.432. The molecule has 0 aliphatic heterocycles. The maximum absolute atomic E-state index is 11.2. The number of rotatable bonds is 5. The lowest BCUT2D eigenvalue weighted by Crippen LogP contribution is -2.02. The van der Waals surface area contributed by atoms with E-state index in [1.165, 1.54) is 0 Å². The van der Waals surface area contributed by atoms with Crippen molar-refractivity contribution in [3.8, 4) is 11.1 Å². The van der Waals surface area contributed by atoms with E-state index in [-0.39, 0.29) is 13.2 Å². The number of benzene rings is 2. The molecule has 0 aromatic heterocycles. The summed E-state index contributed by atoms with van der Waals surface area (Å²) in [5, 5.41) is 9.10. The lowest BCUT2D eigenvalue weighted by molar-refractivity contribution is -0.138. The third-order valence-electron chi connectivity index (χ3n) is 3.24. The third kappa shape index (κ3) is 3.80. The van der Waals surface area contributed by atoms with Gasteiger partial charge in [-0.3, -0.25) is 0 Å². The molecular weight excluding hydrogens is 264 g/mol. The van der Waals surface area contributed by atoms with Crippen LogP contribution in [0.1, 0.15) is 16.7 Å². The van der Waals surface area contributed by atoms with Crippen molar-refractivity contribution >= 4 is 5.97 Å². The first-order valence-corrected chi connectivity index (χ1v) is 6.73. The van der Waals surface area contributed by atoms with Crippen LogP contribution in [-0.2, 0) is 22.7 Å². The molecule has 0 aliphatic rings. The van der Waals surface area contributed by atoms with Gasteiger partial charge in [0.2, 0.25) is 0 Å². The number of aliphatic hydroxyl groups excluding tert-OH is 1. The Bertz CT molecular complexity index is 642. The van der Waals surface area contributed by atoms with Crippen molar-refractivity contribution in [2.45, 2.75) is 20.1 Å². The van der Waals surface area contributed by atoms with E-state index < -0.39 is 5.97 Å². The van der Waals surface area contributed by atoms with E-state index in [9.17, 15) is 4.79 Å². The number of aryl methyl sites for hydroxylation is 1. The summed E-state index contributed by atoms with van der Waals surface area (Å²) in [5.41, 5.74) is 4.96. The van der Waals surface area contributed by atoms with Gasteiger partial charge in [0.1, 0.15) is 6.61 Å². The summed E-state index contributed by atoms with van der Waals surface area (Å²) >= 11 is 0. The van der Waals surface area contributed by atoms with Crippen molar-refractivity contribution in [3.63, 3.8) is 0 Å². The van der Waals surface area contributed by atoms with Crippen LogP contribution < -0.4 is 0 Å². The van der Waals surface area contributed by atoms with Gasteiger partial charge >= 0.3 is 5.97 Å². The summed E-state index contributed by atoms with van der Waals surface area (Å²) in [6, 6.07) is 13.7. The minimum absolute atomic E-state index is 0.0258. The first kappa shape index (κ1) is 15.0. The quantitative estimate of drug-likeness (QED) is 0.675. The molecule has 0 bridgehead atoms. The molecule has 0 amide bonds. The van der Waals surface area contributed by atoms with E-state index in [0.29, 0.717) is 0 Å². The fourth-order valence-electron chi connectivity index (χ4n) is 2.12. The predicted molar refractivity (Wildman–Crippen MR) is 82.5 cm³/mol. The molecule has 0 atom stereocenters. The molecule has 3 heteroatoms. The van der Waals surface area contributed by atoms with E-state index >= 15 is 0 Å². The molecule has 2 aromatic carbocycles. The average Bonchev–Trinajstić information content (AvgIpc) is 2.53. The minimum atomic E-state index is -0.432. The SMILES string of the molecule is C=CC(=O)OCc1cc(C)ccc1-c1ccc(CO)cc1. The Morgan fingerprint density at radius 1 is 1.24 bits per heavy atom. The average molecular weight is 282 g/mol. The number of hydrogen-bond donors (Lipinski definition) is 1. The van der Waals surface area contributed by atoms with Crippen LogP contribution in [0.4, 0.5) is 0 Å². The minimum Gasteiger partial charge on any atom is -0.458 e. The van der Waals surface area contributed by atoms with Gasteiger partial charge in [-0.2, -0.15) is 0 Å². The van der Waals surface area contributed by atoms with E-state index in [0.717, 1.165) is 33.9 Å². The van der Waals surface area contributed by atoms with E-state index in [1.54, 1.807) is 0 Å². The fraction of sp³-hybridized carbons (Fsp3) is 0.167. The van der Waals surface area contributed by atoms with Crippen LogP contribution in [0.25, 0.3) is 11.1 Å². The number of hydrogen-bond acceptors (Lipinski definition) is 3. The van der Waals surface area contributed by atoms with Crippen LogP contribution in [0.15, 0.2) is 55.1 Å². The number of carbonyl (C=O) groups is 1. The summed E-state index contributed by atoms with van der Waals surface area (Å²) < 4.78 is 5.14. The number of esters is 1. The molecule has 0 spiro atoms. The third-order valence-corrected chi connectivity index (χ3v) is 3.24. The van der Waals surface area contributed by atoms with Crippen LogP contribution in [0.3, 0.4) is 0 Å². The molecule has 0 radical (unpaired) electrons. The zero-order valence-corrected chi connectivity index (χ0v) is 12.0. The Morgan fingerprint density at radius 2 is 1.95 bits per heavy atom. The van der Waals surface area contributed by atoms with Gasteiger partial charge in [-0.1, -0.05) is 54.6 Å². The van der Waals surface area contributed by atoms with Gasteiger partial charge in [0.05, 0.1) is 6.61 Å². The standard InChI is InChI=1S/C18H18O3/c1-3-18(20)21-12-16-10-13(2)4-9-17(16)15-7-5-14(11-19)6-8-15/h3-10,19H,1,11-12H2,2H3. The lowest BCUT2D eigenvalue weighted by atomic mass is 9.97. The largest absolute Gasteiger partial charge is 0.458 e. The van der Waals surface area contributed by atoms with Crippen molar-refractivity contribution in [1.29, 1.82) is 0 Å². The maximum Gasteiger partial charge on any atom is 0.330 e. The Morgan fingerprint density at radius 3 is 2.57 bits per heavy atom. The van der Waals surface area contributed by atoms with Crippen molar-refractivity contribution in [2.24, 2.45) is 0 Å². The predicted octanol–water partition coefficient (Wildman–Crippen LogP) is 3.38. The molecule has 2 rings (SSSR count). The van der Waals surface area contributed by atoms with Gasteiger partial charge in [0.15, 0.2) is 0 Å².